The van der Waals surface area contributed by atoms with Crippen LogP contribution >= 0.6 is 23.4 Å². The molecule has 3 N–H and O–H groups in total. The molecule has 0 saturated heterocycles. The van der Waals surface area contributed by atoms with Crippen LogP contribution in [0.3, 0.4) is 0 Å². The van der Waals surface area contributed by atoms with Crippen molar-refractivity contribution in [3.63, 3.8) is 0 Å². The second kappa shape index (κ2) is 10.7. The lowest BCUT2D eigenvalue weighted by molar-refractivity contribution is -0.121. The molecule has 38 heavy (non-hydrogen) atoms. The minimum Gasteiger partial charge on any atom is -0.448 e. The van der Waals surface area contributed by atoms with Gasteiger partial charge in [-0.2, -0.15) is 0 Å². The molecular formula is C28H35ClFN3O4S. The van der Waals surface area contributed by atoms with Crippen molar-refractivity contribution in [2.24, 2.45) is 5.92 Å². The number of alkyl halides is 1. The van der Waals surface area contributed by atoms with Crippen molar-refractivity contribution < 1.29 is 18.7 Å². The second-order valence-electron chi connectivity index (χ2n) is 10.9. The number of thioether (sulfide) groups is 1. The Balaban J connectivity index is 1.26. The molecule has 1 aromatic heterocycles. The van der Waals surface area contributed by atoms with E-state index >= 15 is 0 Å². The Morgan fingerprint density at radius 2 is 1.84 bits per heavy atom. The van der Waals surface area contributed by atoms with Gasteiger partial charge in [-0.3, -0.25) is 9.59 Å². The SMILES string of the molecule is CSc1cc(C)[nH]c(=O)c1CNC(=O)c1cc(Cl)c2c(c1C)O[C@@](C)(C1CCC(NC3CC(F)C3)CC1)O2. The highest BCUT2D eigenvalue weighted by Gasteiger charge is 2.47. The number of hydrogen-bond acceptors (Lipinski definition) is 6. The van der Waals surface area contributed by atoms with Gasteiger partial charge in [-0.15, -0.1) is 11.8 Å². The first kappa shape index (κ1) is 27.3. The van der Waals surface area contributed by atoms with Crippen LogP contribution in [0.2, 0.25) is 5.02 Å². The molecular weight excluding hydrogens is 529 g/mol. The number of carbonyl (C=O) groups excluding carboxylic acids is 1. The van der Waals surface area contributed by atoms with Gasteiger partial charge in [0.05, 0.1) is 5.02 Å². The van der Waals surface area contributed by atoms with E-state index in [-0.39, 0.29) is 23.9 Å². The maximum Gasteiger partial charge on any atom is 0.254 e. The van der Waals surface area contributed by atoms with E-state index in [1.165, 1.54) is 11.8 Å². The molecule has 0 bridgehead atoms. The lowest BCUT2D eigenvalue weighted by Crippen LogP contribution is -2.51. The summed E-state index contributed by atoms with van der Waals surface area (Å²) < 4.78 is 25.9. The van der Waals surface area contributed by atoms with E-state index in [1.807, 2.05) is 33.1 Å². The number of halogens is 2. The highest BCUT2D eigenvalue weighted by molar-refractivity contribution is 7.98. The Morgan fingerprint density at radius 3 is 2.50 bits per heavy atom. The normalized spacial score (nSPS) is 28.2. The smallest absolute Gasteiger partial charge is 0.254 e. The number of aromatic amines is 1. The Labute approximate surface area is 231 Å². The molecule has 1 amide bonds. The van der Waals surface area contributed by atoms with Crippen LogP contribution in [0.15, 0.2) is 21.8 Å². The molecule has 2 heterocycles. The van der Waals surface area contributed by atoms with Gasteiger partial charge >= 0.3 is 0 Å². The van der Waals surface area contributed by atoms with Gasteiger partial charge in [-0.1, -0.05) is 11.6 Å². The zero-order valence-electron chi connectivity index (χ0n) is 22.2. The van der Waals surface area contributed by atoms with Crippen molar-refractivity contribution in [2.45, 2.75) is 94.8 Å². The highest BCUT2D eigenvalue weighted by Crippen LogP contribution is 2.51. The van der Waals surface area contributed by atoms with Gasteiger partial charge < -0.3 is 25.1 Å². The van der Waals surface area contributed by atoms with Gasteiger partial charge in [-0.05, 0) is 70.8 Å². The van der Waals surface area contributed by atoms with Crippen LogP contribution in [0, 0.1) is 19.8 Å². The predicted molar refractivity (Wildman–Crippen MR) is 147 cm³/mol. The summed E-state index contributed by atoms with van der Waals surface area (Å²) in [6.45, 7) is 5.68. The van der Waals surface area contributed by atoms with Crippen LogP contribution in [0.4, 0.5) is 4.39 Å². The van der Waals surface area contributed by atoms with E-state index in [2.05, 4.69) is 15.6 Å². The van der Waals surface area contributed by atoms with Crippen molar-refractivity contribution >= 4 is 29.3 Å². The Morgan fingerprint density at radius 1 is 1.16 bits per heavy atom. The number of carbonyl (C=O) groups is 1. The van der Waals surface area contributed by atoms with Crippen molar-refractivity contribution in [3.8, 4) is 11.5 Å². The van der Waals surface area contributed by atoms with Crippen molar-refractivity contribution in [1.29, 1.82) is 0 Å². The first-order chi connectivity index (χ1) is 18.1. The largest absolute Gasteiger partial charge is 0.448 e. The van der Waals surface area contributed by atoms with Crippen LogP contribution in [0.5, 0.6) is 11.5 Å². The first-order valence-electron chi connectivity index (χ1n) is 13.2. The minimum atomic E-state index is -0.875. The fourth-order valence-corrected chi connectivity index (χ4v) is 6.79. The maximum absolute atomic E-state index is 13.2. The summed E-state index contributed by atoms with van der Waals surface area (Å²) in [6.07, 6.45) is 6.28. The van der Waals surface area contributed by atoms with E-state index < -0.39 is 12.0 Å². The van der Waals surface area contributed by atoms with Gasteiger partial charge in [0, 0.05) is 58.7 Å². The third-order valence-corrected chi connectivity index (χ3v) is 9.27. The van der Waals surface area contributed by atoms with Gasteiger partial charge in [0.25, 0.3) is 17.3 Å². The fraction of sp³-hybridized carbons (Fsp3) is 0.571. The lowest BCUT2D eigenvalue weighted by atomic mass is 9.80. The van der Waals surface area contributed by atoms with E-state index in [4.69, 9.17) is 21.1 Å². The summed E-state index contributed by atoms with van der Waals surface area (Å²) in [5.74, 6) is -0.0955. The quantitative estimate of drug-likeness (QED) is 0.389. The summed E-state index contributed by atoms with van der Waals surface area (Å²) in [7, 11) is 0. The molecule has 2 saturated carbocycles. The molecule has 0 spiro atoms. The number of rotatable bonds is 7. The van der Waals surface area contributed by atoms with Crippen molar-refractivity contribution in [2.75, 3.05) is 6.26 Å². The average Bonchev–Trinajstić information content (AvgIpc) is 3.24. The molecule has 206 valence electrons. The standard InChI is InChI=1S/C28H35ClFN3O4S/c1-14-9-23(38-4)21(27(35)32-14)13-31-26(34)20-12-22(29)25-24(15(20)2)36-28(3,37-25)16-5-7-18(8-6-16)33-19-10-17(30)11-19/h9,12,16-19,33H,5-8,10-11,13H2,1-4H3,(H,31,34)(H,32,35)/t16?,17?,18?,19?,28-/m1/s1. The van der Waals surface area contributed by atoms with Gasteiger partial charge in [-0.25, -0.2) is 4.39 Å². The van der Waals surface area contributed by atoms with Crippen LogP contribution in [-0.2, 0) is 6.54 Å². The van der Waals surface area contributed by atoms with Gasteiger partial charge in [0.1, 0.15) is 6.17 Å². The van der Waals surface area contributed by atoms with E-state index in [0.29, 0.717) is 58.1 Å². The number of nitrogens with one attached hydrogen (secondary N) is 3. The monoisotopic (exact) mass is 563 g/mol. The topological polar surface area (TPSA) is 92.5 Å². The molecule has 10 heteroatoms. The Kier molecular flexibility index (Phi) is 7.73. The molecule has 1 aromatic carbocycles. The zero-order valence-corrected chi connectivity index (χ0v) is 23.8. The summed E-state index contributed by atoms with van der Waals surface area (Å²) in [5.41, 5.74) is 2.11. The average molecular weight is 564 g/mol. The molecule has 1 atom stereocenters. The number of fused-ring (bicyclic) bond motifs is 1. The molecule has 2 aromatic rings. The fourth-order valence-electron chi connectivity index (χ4n) is 5.85. The number of ether oxygens (including phenoxy) is 2. The Hall–Kier alpha value is -2.23. The number of hydrogen-bond donors (Lipinski definition) is 3. The third-order valence-electron chi connectivity index (χ3n) is 8.19. The number of pyridine rings is 1. The van der Waals surface area contributed by atoms with Crippen LogP contribution < -0.4 is 25.7 Å². The molecule has 2 fully saturated rings. The van der Waals surface area contributed by atoms with Crippen LogP contribution in [-0.4, -0.2) is 41.2 Å². The first-order valence-corrected chi connectivity index (χ1v) is 14.8. The second-order valence-corrected chi connectivity index (χ2v) is 12.2. The minimum absolute atomic E-state index is 0.0952. The number of aryl methyl sites for hydroxylation is 1. The summed E-state index contributed by atoms with van der Waals surface area (Å²) in [4.78, 5) is 29.3. The van der Waals surface area contributed by atoms with E-state index in [0.717, 1.165) is 36.3 Å². The number of amides is 1. The predicted octanol–water partition coefficient (Wildman–Crippen LogP) is 5.43. The number of H-pyrrole nitrogens is 1. The molecule has 7 nitrogen and oxygen atoms in total. The van der Waals surface area contributed by atoms with Crippen LogP contribution in [0.1, 0.15) is 72.6 Å². The van der Waals surface area contributed by atoms with Crippen molar-refractivity contribution in [1.82, 2.24) is 15.6 Å². The van der Waals surface area contributed by atoms with E-state index in [1.54, 1.807) is 6.07 Å². The molecule has 0 radical (unpaired) electrons. The van der Waals surface area contributed by atoms with Gasteiger partial charge in [0.15, 0.2) is 11.5 Å². The molecule has 5 rings (SSSR count). The number of aromatic nitrogens is 1. The molecule has 3 aliphatic rings. The third kappa shape index (κ3) is 5.29. The highest BCUT2D eigenvalue weighted by atomic mass is 35.5. The van der Waals surface area contributed by atoms with Crippen molar-refractivity contribution in [3.05, 3.63) is 49.9 Å². The molecule has 1 aliphatic heterocycles. The lowest BCUT2D eigenvalue weighted by Gasteiger charge is -2.40. The maximum atomic E-state index is 13.2. The summed E-state index contributed by atoms with van der Waals surface area (Å²) >= 11 is 8.06. The van der Waals surface area contributed by atoms with Gasteiger partial charge in [0.2, 0.25) is 0 Å². The van der Waals surface area contributed by atoms with Crippen LogP contribution in [0.25, 0.3) is 0 Å². The summed E-state index contributed by atoms with van der Waals surface area (Å²) in [5, 5.41) is 6.78. The molecule has 0 unspecified atom stereocenters. The zero-order chi connectivity index (χ0) is 27.2. The Bertz CT molecular complexity index is 1290. The van der Waals surface area contributed by atoms with E-state index in [9.17, 15) is 14.0 Å². The molecule has 2 aliphatic carbocycles. The number of benzene rings is 1. The summed E-state index contributed by atoms with van der Waals surface area (Å²) in [6, 6.07) is 4.19.